The summed E-state index contributed by atoms with van der Waals surface area (Å²) in [6.07, 6.45) is 1.56. The Morgan fingerprint density at radius 3 is 2.55 bits per heavy atom. The maximum atomic E-state index is 13.3. The van der Waals surface area contributed by atoms with E-state index in [0.717, 1.165) is 12.8 Å². The summed E-state index contributed by atoms with van der Waals surface area (Å²) in [7, 11) is -0.214. The normalized spacial score (nSPS) is 24.9. The van der Waals surface area contributed by atoms with Crippen molar-refractivity contribution < 1.29 is 27.5 Å². The number of fused-ring (bicyclic) bond motifs is 1. The van der Waals surface area contributed by atoms with Gasteiger partial charge in [-0.25, -0.2) is 8.42 Å². The largest absolute Gasteiger partial charge is 0.491 e. The first kappa shape index (κ1) is 25.3. The van der Waals surface area contributed by atoms with Crippen LogP contribution in [-0.4, -0.2) is 81.8 Å². The van der Waals surface area contributed by atoms with E-state index in [1.165, 1.54) is 6.07 Å². The maximum Gasteiger partial charge on any atom is 0.257 e. The number of amides is 2. The lowest BCUT2D eigenvalue weighted by atomic mass is 10.0. The van der Waals surface area contributed by atoms with Crippen LogP contribution >= 0.6 is 0 Å². The van der Waals surface area contributed by atoms with Crippen molar-refractivity contribution in [3.8, 4) is 5.75 Å². The van der Waals surface area contributed by atoms with Gasteiger partial charge in [-0.05, 0) is 44.9 Å². The van der Waals surface area contributed by atoms with Crippen LogP contribution in [0.15, 0.2) is 18.2 Å². The van der Waals surface area contributed by atoms with Gasteiger partial charge in [0.15, 0.2) is 0 Å². The summed E-state index contributed by atoms with van der Waals surface area (Å²) in [6, 6.07) is 4.46. The van der Waals surface area contributed by atoms with Crippen molar-refractivity contribution in [1.82, 2.24) is 9.80 Å². The molecule has 1 aromatic carbocycles. The summed E-state index contributed by atoms with van der Waals surface area (Å²) in [6.45, 7) is 6.56. The lowest BCUT2D eigenvalue weighted by molar-refractivity contribution is -0.136. The monoisotopic (exact) mass is 481 g/mol. The maximum absolute atomic E-state index is 13.3. The van der Waals surface area contributed by atoms with Gasteiger partial charge >= 0.3 is 0 Å². The fourth-order valence-corrected chi connectivity index (χ4v) is 4.59. The lowest BCUT2D eigenvalue weighted by Crippen LogP contribution is -2.49. The number of hydrogen-bond donors (Lipinski definition) is 1. The third kappa shape index (κ3) is 6.17. The zero-order valence-corrected chi connectivity index (χ0v) is 20.9. The standard InChI is InChI=1S/C23H35N3O6S/c1-6-33(29,30)24-18-9-10-20-19(11-18)23(28)25(4)13-21(31-5)15(2)12-26(16(3)14-32-20)22(27)17-7-8-17/h9-11,15-17,21,24H,6-8,12-14H2,1-5H3/t15-,16+,21-/m0/s1. The average molecular weight is 482 g/mol. The number of nitrogens with zero attached hydrogens (tertiary/aromatic N) is 2. The van der Waals surface area contributed by atoms with E-state index in [9.17, 15) is 18.0 Å². The first-order valence-corrected chi connectivity index (χ1v) is 13.1. The minimum Gasteiger partial charge on any atom is -0.491 e. The highest BCUT2D eigenvalue weighted by atomic mass is 32.2. The number of methoxy groups -OCH3 is 1. The third-order valence-corrected chi connectivity index (χ3v) is 7.61. The molecule has 0 saturated heterocycles. The Bertz CT molecular complexity index is 978. The molecule has 1 aliphatic heterocycles. The van der Waals surface area contributed by atoms with E-state index >= 15 is 0 Å². The van der Waals surface area contributed by atoms with Gasteiger partial charge in [-0.2, -0.15) is 0 Å². The molecular formula is C23H35N3O6S. The number of sulfonamides is 1. The third-order valence-electron chi connectivity index (χ3n) is 6.31. The van der Waals surface area contributed by atoms with Crippen molar-refractivity contribution in [3.63, 3.8) is 0 Å². The number of carbonyl (C=O) groups excluding carboxylic acids is 2. The van der Waals surface area contributed by atoms with Crippen molar-refractivity contribution in [2.45, 2.75) is 45.8 Å². The molecule has 1 aromatic rings. The van der Waals surface area contributed by atoms with E-state index in [2.05, 4.69) is 4.72 Å². The number of anilines is 1. The van der Waals surface area contributed by atoms with Gasteiger partial charge in [0.1, 0.15) is 12.4 Å². The van der Waals surface area contributed by atoms with Gasteiger partial charge in [0.05, 0.1) is 23.5 Å². The Kier molecular flexibility index (Phi) is 7.89. The number of rotatable bonds is 5. The van der Waals surface area contributed by atoms with E-state index in [4.69, 9.17) is 9.47 Å². The molecule has 33 heavy (non-hydrogen) atoms. The number of likely N-dealkylation sites (N-methyl/N-ethyl adjacent to an activating group) is 1. The van der Waals surface area contributed by atoms with Crippen LogP contribution in [-0.2, 0) is 19.6 Å². The summed E-state index contributed by atoms with van der Waals surface area (Å²) < 4.78 is 38.2. The lowest BCUT2D eigenvalue weighted by Gasteiger charge is -2.36. The molecule has 9 nitrogen and oxygen atoms in total. The summed E-state index contributed by atoms with van der Waals surface area (Å²) in [5, 5.41) is 0. The van der Waals surface area contributed by atoms with E-state index in [1.54, 1.807) is 38.1 Å². The van der Waals surface area contributed by atoms with Crippen LogP contribution in [0.3, 0.4) is 0 Å². The predicted octanol–water partition coefficient (Wildman–Crippen LogP) is 2.19. The minimum absolute atomic E-state index is 0.00278. The van der Waals surface area contributed by atoms with Crippen LogP contribution in [0, 0.1) is 11.8 Å². The molecule has 2 amide bonds. The van der Waals surface area contributed by atoms with Crippen LogP contribution in [0.1, 0.15) is 44.0 Å². The fourth-order valence-electron chi connectivity index (χ4n) is 3.96. The van der Waals surface area contributed by atoms with Crippen LogP contribution in [0.5, 0.6) is 5.75 Å². The highest BCUT2D eigenvalue weighted by Crippen LogP contribution is 2.33. The van der Waals surface area contributed by atoms with Crippen molar-refractivity contribution in [1.29, 1.82) is 0 Å². The second kappa shape index (κ2) is 10.3. The van der Waals surface area contributed by atoms with Crippen LogP contribution in [0.2, 0.25) is 0 Å². The second-order valence-corrected chi connectivity index (χ2v) is 11.1. The van der Waals surface area contributed by atoms with E-state index < -0.39 is 10.0 Å². The number of benzene rings is 1. The van der Waals surface area contributed by atoms with Crippen molar-refractivity contribution in [2.75, 3.05) is 44.3 Å². The molecule has 0 bridgehead atoms. The van der Waals surface area contributed by atoms with Crippen LogP contribution in [0.25, 0.3) is 0 Å². The zero-order valence-electron chi connectivity index (χ0n) is 20.0. The number of carbonyl (C=O) groups is 2. The Hall–Kier alpha value is -2.33. The summed E-state index contributed by atoms with van der Waals surface area (Å²) >= 11 is 0. The number of hydrogen-bond acceptors (Lipinski definition) is 6. The summed E-state index contributed by atoms with van der Waals surface area (Å²) in [5.41, 5.74) is 0.549. The SMILES string of the molecule is CCS(=O)(=O)Nc1ccc2c(c1)C(=O)N(C)C[C@H](OC)[C@@H](C)CN(C(=O)C1CC1)[C@H](C)CO2. The molecular weight excluding hydrogens is 446 g/mol. The smallest absolute Gasteiger partial charge is 0.257 e. The topological polar surface area (TPSA) is 105 Å². The molecule has 0 radical (unpaired) electrons. The van der Waals surface area contributed by atoms with Gasteiger partial charge in [0.25, 0.3) is 5.91 Å². The highest BCUT2D eigenvalue weighted by Gasteiger charge is 2.37. The predicted molar refractivity (Wildman–Crippen MR) is 126 cm³/mol. The molecule has 184 valence electrons. The molecule has 10 heteroatoms. The van der Waals surface area contributed by atoms with Crippen molar-refractivity contribution in [3.05, 3.63) is 23.8 Å². The van der Waals surface area contributed by atoms with Crippen LogP contribution < -0.4 is 9.46 Å². The van der Waals surface area contributed by atoms with E-state index in [1.807, 2.05) is 18.7 Å². The molecule has 0 aromatic heterocycles. The molecule has 0 unspecified atom stereocenters. The molecule has 1 saturated carbocycles. The quantitative estimate of drug-likeness (QED) is 0.691. The van der Waals surface area contributed by atoms with Gasteiger partial charge in [-0.1, -0.05) is 6.92 Å². The minimum atomic E-state index is -3.50. The Balaban J connectivity index is 1.96. The molecule has 1 N–H and O–H groups in total. The van der Waals surface area contributed by atoms with Gasteiger partial charge in [0.2, 0.25) is 15.9 Å². The van der Waals surface area contributed by atoms with Gasteiger partial charge < -0.3 is 19.3 Å². The average Bonchev–Trinajstić information content (AvgIpc) is 3.63. The van der Waals surface area contributed by atoms with E-state index in [-0.39, 0.29) is 53.7 Å². The van der Waals surface area contributed by atoms with Gasteiger partial charge in [0, 0.05) is 44.8 Å². The molecule has 1 fully saturated rings. The molecule has 3 atom stereocenters. The van der Waals surface area contributed by atoms with Crippen molar-refractivity contribution >= 4 is 27.5 Å². The van der Waals surface area contributed by atoms with Gasteiger partial charge in [-0.15, -0.1) is 0 Å². The van der Waals surface area contributed by atoms with Gasteiger partial charge in [-0.3, -0.25) is 14.3 Å². The molecule has 1 heterocycles. The molecule has 3 rings (SSSR count). The Labute approximate surface area is 196 Å². The van der Waals surface area contributed by atoms with Crippen molar-refractivity contribution in [2.24, 2.45) is 11.8 Å². The first-order valence-electron chi connectivity index (χ1n) is 11.4. The molecule has 1 aliphatic carbocycles. The highest BCUT2D eigenvalue weighted by molar-refractivity contribution is 7.92. The zero-order chi connectivity index (χ0) is 24.3. The second-order valence-electron chi connectivity index (χ2n) is 9.08. The first-order chi connectivity index (χ1) is 15.6. The Morgan fingerprint density at radius 1 is 1.24 bits per heavy atom. The number of ether oxygens (including phenoxy) is 2. The summed E-state index contributed by atoms with van der Waals surface area (Å²) in [5.74, 6) is 0.190. The molecule has 2 aliphatic rings. The van der Waals surface area contributed by atoms with Crippen LogP contribution in [0.4, 0.5) is 5.69 Å². The fraction of sp³-hybridized carbons (Fsp3) is 0.652. The Morgan fingerprint density at radius 2 is 1.94 bits per heavy atom. The van der Waals surface area contributed by atoms with E-state index in [0.29, 0.717) is 24.5 Å². The number of nitrogens with one attached hydrogen (secondary N) is 1. The molecule has 0 spiro atoms. The summed E-state index contributed by atoms with van der Waals surface area (Å²) in [4.78, 5) is 29.7.